The van der Waals surface area contributed by atoms with Crippen LogP contribution in [0.15, 0.2) is 91.0 Å². The molecule has 0 aromatic heterocycles. The van der Waals surface area contributed by atoms with E-state index in [1.807, 2.05) is 18.2 Å². The summed E-state index contributed by atoms with van der Waals surface area (Å²) in [5.41, 5.74) is 2.89. The van der Waals surface area contributed by atoms with Gasteiger partial charge in [0.2, 0.25) is 0 Å². The van der Waals surface area contributed by atoms with Crippen LogP contribution in [0, 0.1) is 5.92 Å². The van der Waals surface area contributed by atoms with Crippen LogP contribution in [-0.4, -0.2) is 23.1 Å². The molecule has 0 bridgehead atoms. The summed E-state index contributed by atoms with van der Waals surface area (Å²) >= 11 is 0. The van der Waals surface area contributed by atoms with Crippen LogP contribution in [0.25, 0.3) is 0 Å². The van der Waals surface area contributed by atoms with E-state index in [9.17, 15) is 5.11 Å². The van der Waals surface area contributed by atoms with Gasteiger partial charge in [-0.1, -0.05) is 97.9 Å². The molecule has 3 aromatic carbocycles. The van der Waals surface area contributed by atoms with Crippen molar-refractivity contribution in [3.63, 3.8) is 0 Å². The molecule has 1 aliphatic rings. The summed E-state index contributed by atoms with van der Waals surface area (Å²) in [6, 6.07) is 31.8. The summed E-state index contributed by atoms with van der Waals surface area (Å²) in [6.07, 6.45) is 0.744. The van der Waals surface area contributed by atoms with Crippen LogP contribution in [0.2, 0.25) is 0 Å². The van der Waals surface area contributed by atoms with E-state index in [1.54, 1.807) is 0 Å². The molecule has 0 amide bonds. The van der Waals surface area contributed by atoms with Gasteiger partial charge in [0.1, 0.15) is 0 Å². The van der Waals surface area contributed by atoms with Gasteiger partial charge in [0.25, 0.3) is 0 Å². The quantitative estimate of drug-likeness (QED) is 0.710. The molecule has 0 unspecified atom stereocenters. The molecule has 2 nitrogen and oxygen atoms in total. The highest BCUT2D eigenvalue weighted by Gasteiger charge is 2.42. The van der Waals surface area contributed by atoms with Crippen molar-refractivity contribution in [3.05, 3.63) is 108 Å². The van der Waals surface area contributed by atoms with Gasteiger partial charge in [-0.2, -0.15) is 0 Å². The first kappa shape index (κ1) is 18.0. The lowest BCUT2D eigenvalue weighted by Gasteiger charge is -2.46. The summed E-state index contributed by atoms with van der Waals surface area (Å²) in [6.45, 7) is 3.90. The van der Waals surface area contributed by atoms with Gasteiger partial charge >= 0.3 is 0 Å². The van der Waals surface area contributed by atoms with Gasteiger partial charge in [-0.05, 0) is 23.1 Å². The van der Waals surface area contributed by atoms with Crippen molar-refractivity contribution < 1.29 is 5.11 Å². The van der Waals surface area contributed by atoms with Crippen molar-refractivity contribution in [1.29, 1.82) is 0 Å². The second kappa shape index (κ2) is 7.67. The normalized spacial score (nSPS) is 23.4. The molecule has 2 heteroatoms. The Labute approximate surface area is 162 Å². The molecular formula is C25H27NO. The molecule has 2 atom stereocenters. The molecule has 1 saturated heterocycles. The van der Waals surface area contributed by atoms with Crippen molar-refractivity contribution in [2.24, 2.45) is 5.92 Å². The van der Waals surface area contributed by atoms with Crippen LogP contribution in [-0.2, 0) is 5.60 Å². The average molecular weight is 357 g/mol. The Balaban J connectivity index is 1.64. The molecule has 27 heavy (non-hydrogen) atoms. The van der Waals surface area contributed by atoms with E-state index in [1.165, 1.54) is 11.1 Å². The molecule has 1 heterocycles. The van der Waals surface area contributed by atoms with Crippen molar-refractivity contribution >= 4 is 0 Å². The Morgan fingerprint density at radius 2 is 1.30 bits per heavy atom. The fourth-order valence-electron chi connectivity index (χ4n) is 4.43. The van der Waals surface area contributed by atoms with Crippen LogP contribution in [0.4, 0.5) is 0 Å². The molecule has 1 aliphatic heterocycles. The molecule has 1 fully saturated rings. The number of aliphatic hydroxyl groups is 1. The Kier molecular flexibility index (Phi) is 5.11. The summed E-state index contributed by atoms with van der Waals surface area (Å²) in [4.78, 5) is 2.52. The number of hydrogen-bond acceptors (Lipinski definition) is 2. The Morgan fingerprint density at radius 3 is 1.78 bits per heavy atom. The minimum absolute atomic E-state index is 0.156. The molecule has 0 aliphatic carbocycles. The van der Waals surface area contributed by atoms with Crippen LogP contribution < -0.4 is 0 Å². The van der Waals surface area contributed by atoms with Crippen molar-refractivity contribution in [2.75, 3.05) is 13.1 Å². The largest absolute Gasteiger partial charge is 0.385 e. The number of hydrogen-bond donors (Lipinski definition) is 1. The van der Waals surface area contributed by atoms with Crippen molar-refractivity contribution in [3.8, 4) is 0 Å². The Morgan fingerprint density at radius 1 is 0.815 bits per heavy atom. The highest BCUT2D eigenvalue weighted by molar-refractivity contribution is 5.32. The maximum atomic E-state index is 11.4. The molecule has 3 aromatic rings. The molecule has 0 spiro atoms. The van der Waals surface area contributed by atoms with Gasteiger partial charge in [-0.3, -0.25) is 4.90 Å². The lowest BCUT2D eigenvalue weighted by Crippen LogP contribution is -2.50. The SMILES string of the molecule is C[C@H]1CN(C(c2ccccc2)c2ccccc2)CC[C@@]1(O)c1ccccc1. The van der Waals surface area contributed by atoms with Gasteiger partial charge < -0.3 is 5.11 Å². The van der Waals surface area contributed by atoms with E-state index < -0.39 is 5.60 Å². The third-order valence-electron chi connectivity index (χ3n) is 5.97. The Hall–Kier alpha value is -2.42. The minimum atomic E-state index is -0.754. The fraction of sp³-hybridized carbons (Fsp3) is 0.280. The number of rotatable bonds is 4. The summed E-state index contributed by atoms with van der Waals surface area (Å²) in [5, 5.41) is 11.4. The molecular weight excluding hydrogens is 330 g/mol. The predicted molar refractivity (Wildman–Crippen MR) is 110 cm³/mol. The van der Waals surface area contributed by atoms with Gasteiger partial charge in [-0.25, -0.2) is 0 Å². The molecule has 4 rings (SSSR count). The topological polar surface area (TPSA) is 23.5 Å². The first-order valence-electron chi connectivity index (χ1n) is 9.80. The number of likely N-dealkylation sites (tertiary alicyclic amines) is 1. The van der Waals surface area contributed by atoms with Gasteiger partial charge in [-0.15, -0.1) is 0 Å². The van der Waals surface area contributed by atoms with Gasteiger partial charge in [0, 0.05) is 19.0 Å². The fourth-order valence-corrected chi connectivity index (χ4v) is 4.43. The van der Waals surface area contributed by atoms with E-state index in [2.05, 4.69) is 84.6 Å². The average Bonchev–Trinajstić information content (AvgIpc) is 2.73. The van der Waals surface area contributed by atoms with E-state index in [-0.39, 0.29) is 12.0 Å². The lowest BCUT2D eigenvalue weighted by atomic mass is 9.76. The molecule has 138 valence electrons. The van der Waals surface area contributed by atoms with E-state index in [0.29, 0.717) is 0 Å². The predicted octanol–water partition coefficient (Wildman–Crippen LogP) is 5.01. The summed E-state index contributed by atoms with van der Waals surface area (Å²) in [7, 11) is 0. The number of benzene rings is 3. The first-order chi connectivity index (χ1) is 13.2. The van der Waals surface area contributed by atoms with E-state index in [4.69, 9.17) is 0 Å². The third kappa shape index (κ3) is 3.55. The third-order valence-corrected chi connectivity index (χ3v) is 5.97. The van der Waals surface area contributed by atoms with Crippen LogP contribution in [0.3, 0.4) is 0 Å². The Bertz CT molecular complexity index is 810. The van der Waals surface area contributed by atoms with E-state index in [0.717, 1.165) is 25.1 Å². The smallest absolute Gasteiger partial charge is 0.0946 e. The van der Waals surface area contributed by atoms with Crippen LogP contribution in [0.5, 0.6) is 0 Å². The van der Waals surface area contributed by atoms with Crippen LogP contribution >= 0.6 is 0 Å². The minimum Gasteiger partial charge on any atom is -0.385 e. The summed E-state index contributed by atoms with van der Waals surface area (Å²) in [5.74, 6) is 0.156. The zero-order chi connectivity index (χ0) is 18.7. The second-order valence-electron chi connectivity index (χ2n) is 7.66. The standard InChI is InChI=1S/C25H27NO/c1-20-19-26(18-17-25(20,27)23-15-9-4-10-16-23)24(21-11-5-2-6-12-21)22-13-7-3-8-14-22/h2-16,20,24,27H,17-19H2,1H3/t20-,25-/m0/s1. The maximum Gasteiger partial charge on any atom is 0.0946 e. The maximum absolute atomic E-state index is 11.4. The van der Waals surface area contributed by atoms with Crippen molar-refractivity contribution in [2.45, 2.75) is 25.0 Å². The number of piperidine rings is 1. The monoisotopic (exact) mass is 357 g/mol. The number of nitrogens with zero attached hydrogens (tertiary/aromatic N) is 1. The second-order valence-corrected chi connectivity index (χ2v) is 7.66. The molecule has 1 N–H and O–H groups in total. The zero-order valence-electron chi connectivity index (χ0n) is 15.8. The lowest BCUT2D eigenvalue weighted by molar-refractivity contribution is -0.0770. The summed E-state index contributed by atoms with van der Waals surface area (Å²) < 4.78 is 0. The highest BCUT2D eigenvalue weighted by atomic mass is 16.3. The van der Waals surface area contributed by atoms with Crippen molar-refractivity contribution in [1.82, 2.24) is 4.90 Å². The molecule has 0 radical (unpaired) electrons. The van der Waals surface area contributed by atoms with E-state index >= 15 is 0 Å². The highest BCUT2D eigenvalue weighted by Crippen LogP contribution is 2.41. The van der Waals surface area contributed by atoms with Crippen LogP contribution in [0.1, 0.15) is 36.1 Å². The molecule has 0 saturated carbocycles. The van der Waals surface area contributed by atoms with Gasteiger partial charge in [0.15, 0.2) is 0 Å². The zero-order valence-corrected chi connectivity index (χ0v) is 15.8. The first-order valence-corrected chi connectivity index (χ1v) is 9.80. The van der Waals surface area contributed by atoms with Gasteiger partial charge in [0.05, 0.1) is 11.6 Å².